The van der Waals surface area contributed by atoms with Crippen molar-refractivity contribution in [3.63, 3.8) is 0 Å². The van der Waals surface area contributed by atoms with Crippen LogP contribution in [0.3, 0.4) is 0 Å². The Morgan fingerprint density at radius 2 is 1.90 bits per heavy atom. The van der Waals surface area contributed by atoms with E-state index in [1.54, 1.807) is 24.5 Å². The lowest BCUT2D eigenvalue weighted by Crippen LogP contribution is -2.18. The molecule has 0 saturated carbocycles. The SMILES string of the molecule is O=S(=O)(CCc1ccncc1)Nc1ccc(F)cc1Br. The first-order chi connectivity index (χ1) is 9.46. The lowest BCUT2D eigenvalue weighted by Gasteiger charge is -2.09. The molecule has 0 fully saturated rings. The number of nitrogens with one attached hydrogen (secondary N) is 1. The Morgan fingerprint density at radius 1 is 1.20 bits per heavy atom. The summed E-state index contributed by atoms with van der Waals surface area (Å²) < 4.78 is 39.7. The molecule has 106 valence electrons. The van der Waals surface area contributed by atoms with Gasteiger partial charge in [-0.3, -0.25) is 9.71 Å². The molecular formula is C13H12BrFN2O2S. The molecule has 2 aromatic rings. The molecule has 0 spiro atoms. The van der Waals surface area contributed by atoms with Gasteiger partial charge in [-0.05, 0) is 58.2 Å². The Hall–Kier alpha value is -1.47. The fourth-order valence-corrected chi connectivity index (χ4v) is 3.29. The highest BCUT2D eigenvalue weighted by atomic mass is 79.9. The van der Waals surface area contributed by atoms with Crippen molar-refractivity contribution >= 4 is 31.6 Å². The highest BCUT2D eigenvalue weighted by Crippen LogP contribution is 2.24. The number of nitrogens with zero attached hydrogens (tertiary/aromatic N) is 1. The summed E-state index contributed by atoms with van der Waals surface area (Å²) in [5.41, 5.74) is 1.21. The summed E-state index contributed by atoms with van der Waals surface area (Å²) in [7, 11) is -3.49. The van der Waals surface area contributed by atoms with Crippen LogP contribution in [-0.4, -0.2) is 19.2 Å². The van der Waals surface area contributed by atoms with Gasteiger partial charge in [-0.15, -0.1) is 0 Å². The first kappa shape index (κ1) is 14.9. The second kappa shape index (κ2) is 6.32. The summed E-state index contributed by atoms with van der Waals surface area (Å²) in [5.74, 6) is -0.488. The van der Waals surface area contributed by atoms with Gasteiger partial charge in [0, 0.05) is 16.9 Å². The van der Waals surface area contributed by atoms with E-state index in [-0.39, 0.29) is 5.75 Å². The number of hydrogen-bond acceptors (Lipinski definition) is 3. The quantitative estimate of drug-likeness (QED) is 0.893. The number of benzene rings is 1. The second-order valence-corrected chi connectivity index (χ2v) is 6.85. The largest absolute Gasteiger partial charge is 0.282 e. The van der Waals surface area contributed by atoms with Crippen molar-refractivity contribution < 1.29 is 12.8 Å². The molecular weight excluding hydrogens is 347 g/mol. The molecule has 0 atom stereocenters. The monoisotopic (exact) mass is 358 g/mol. The topological polar surface area (TPSA) is 59.1 Å². The molecule has 1 N–H and O–H groups in total. The van der Waals surface area contributed by atoms with Crippen molar-refractivity contribution in [3.05, 3.63) is 58.6 Å². The van der Waals surface area contributed by atoms with E-state index < -0.39 is 15.8 Å². The summed E-state index contributed by atoms with van der Waals surface area (Å²) in [6.45, 7) is 0. The minimum absolute atomic E-state index is 0.0547. The summed E-state index contributed by atoms with van der Waals surface area (Å²) in [6, 6.07) is 7.32. The second-order valence-electron chi connectivity index (χ2n) is 4.15. The van der Waals surface area contributed by atoms with Crippen LogP contribution in [0.25, 0.3) is 0 Å². The Balaban J connectivity index is 2.04. The van der Waals surface area contributed by atoms with E-state index in [9.17, 15) is 12.8 Å². The van der Waals surface area contributed by atoms with E-state index in [1.165, 1.54) is 18.2 Å². The van der Waals surface area contributed by atoms with Crippen molar-refractivity contribution in [2.24, 2.45) is 0 Å². The summed E-state index contributed by atoms with van der Waals surface area (Å²) in [6.07, 6.45) is 3.62. The standard InChI is InChI=1S/C13H12BrFN2O2S/c14-12-9-11(15)1-2-13(12)17-20(18,19)8-5-10-3-6-16-7-4-10/h1-4,6-7,9,17H,5,8H2. The van der Waals surface area contributed by atoms with Crippen molar-refractivity contribution in [1.82, 2.24) is 4.98 Å². The zero-order chi connectivity index (χ0) is 14.6. The third-order valence-electron chi connectivity index (χ3n) is 2.61. The van der Waals surface area contributed by atoms with Gasteiger partial charge in [0.2, 0.25) is 10.0 Å². The molecule has 0 saturated heterocycles. The van der Waals surface area contributed by atoms with Gasteiger partial charge < -0.3 is 0 Å². The molecule has 0 aliphatic heterocycles. The fourth-order valence-electron chi connectivity index (χ4n) is 1.59. The van der Waals surface area contributed by atoms with Crippen LogP contribution in [-0.2, 0) is 16.4 Å². The molecule has 1 aromatic carbocycles. The van der Waals surface area contributed by atoms with Crippen LogP contribution >= 0.6 is 15.9 Å². The number of halogens is 2. The Labute approximate surface area is 125 Å². The predicted molar refractivity (Wildman–Crippen MR) is 79.5 cm³/mol. The van der Waals surface area contributed by atoms with E-state index in [0.29, 0.717) is 16.6 Å². The predicted octanol–water partition coefficient (Wildman–Crippen LogP) is 2.97. The van der Waals surface area contributed by atoms with Crippen molar-refractivity contribution in [2.45, 2.75) is 6.42 Å². The molecule has 1 aromatic heterocycles. The zero-order valence-corrected chi connectivity index (χ0v) is 12.8. The minimum atomic E-state index is -3.49. The fraction of sp³-hybridized carbons (Fsp3) is 0.154. The number of rotatable bonds is 5. The van der Waals surface area contributed by atoms with E-state index in [0.717, 1.165) is 5.56 Å². The maximum atomic E-state index is 12.9. The summed E-state index contributed by atoms with van der Waals surface area (Å²) in [5, 5.41) is 0. The molecule has 0 bridgehead atoms. The minimum Gasteiger partial charge on any atom is -0.282 e. The Bertz CT molecular complexity index is 693. The van der Waals surface area contributed by atoms with Gasteiger partial charge in [-0.25, -0.2) is 12.8 Å². The van der Waals surface area contributed by atoms with E-state index in [4.69, 9.17) is 0 Å². The lowest BCUT2D eigenvalue weighted by atomic mass is 10.2. The number of aromatic nitrogens is 1. The number of aryl methyl sites for hydroxylation is 1. The molecule has 0 amide bonds. The molecule has 0 unspecified atom stereocenters. The highest BCUT2D eigenvalue weighted by molar-refractivity contribution is 9.10. The first-order valence-corrected chi connectivity index (χ1v) is 8.25. The molecule has 0 aliphatic rings. The third kappa shape index (κ3) is 4.28. The molecule has 0 aliphatic carbocycles. The van der Waals surface area contributed by atoms with Crippen molar-refractivity contribution in [1.29, 1.82) is 0 Å². The highest BCUT2D eigenvalue weighted by Gasteiger charge is 2.13. The van der Waals surface area contributed by atoms with Gasteiger partial charge in [-0.2, -0.15) is 0 Å². The number of hydrogen-bond donors (Lipinski definition) is 1. The number of pyridine rings is 1. The molecule has 0 radical (unpaired) electrons. The van der Waals surface area contributed by atoms with Gasteiger partial charge in [0.25, 0.3) is 0 Å². The average molecular weight is 359 g/mol. The maximum absolute atomic E-state index is 12.9. The van der Waals surface area contributed by atoms with Crippen LogP contribution < -0.4 is 4.72 Å². The van der Waals surface area contributed by atoms with E-state index >= 15 is 0 Å². The van der Waals surface area contributed by atoms with Crippen molar-refractivity contribution in [3.8, 4) is 0 Å². The normalized spacial score (nSPS) is 11.3. The lowest BCUT2D eigenvalue weighted by molar-refractivity contribution is 0.600. The smallest absolute Gasteiger partial charge is 0.233 e. The molecule has 20 heavy (non-hydrogen) atoms. The van der Waals surface area contributed by atoms with Gasteiger partial charge in [0.15, 0.2) is 0 Å². The molecule has 2 rings (SSSR count). The number of anilines is 1. The van der Waals surface area contributed by atoms with Crippen LogP contribution in [0.5, 0.6) is 0 Å². The summed E-state index contributed by atoms with van der Waals surface area (Å²) >= 11 is 3.12. The van der Waals surface area contributed by atoms with Crippen LogP contribution in [0.2, 0.25) is 0 Å². The van der Waals surface area contributed by atoms with Crippen molar-refractivity contribution in [2.75, 3.05) is 10.5 Å². The van der Waals surface area contributed by atoms with Gasteiger partial charge in [0.1, 0.15) is 5.82 Å². The van der Waals surface area contributed by atoms with Crippen LogP contribution in [0.15, 0.2) is 47.2 Å². The third-order valence-corrected chi connectivity index (χ3v) is 4.53. The molecule has 1 heterocycles. The Kier molecular flexibility index (Phi) is 4.72. The van der Waals surface area contributed by atoms with Gasteiger partial charge in [-0.1, -0.05) is 0 Å². The molecule has 7 heteroatoms. The van der Waals surface area contributed by atoms with Gasteiger partial charge >= 0.3 is 0 Å². The van der Waals surface area contributed by atoms with Crippen LogP contribution in [0.1, 0.15) is 5.56 Å². The number of sulfonamides is 1. The van der Waals surface area contributed by atoms with Gasteiger partial charge in [0.05, 0.1) is 11.4 Å². The van der Waals surface area contributed by atoms with Crippen LogP contribution in [0.4, 0.5) is 10.1 Å². The molecule has 4 nitrogen and oxygen atoms in total. The van der Waals surface area contributed by atoms with E-state index in [2.05, 4.69) is 25.6 Å². The zero-order valence-electron chi connectivity index (χ0n) is 10.4. The Morgan fingerprint density at radius 3 is 2.55 bits per heavy atom. The average Bonchev–Trinajstić information content (AvgIpc) is 2.41. The summed E-state index contributed by atoms with van der Waals surface area (Å²) in [4.78, 5) is 3.87. The van der Waals surface area contributed by atoms with Crippen LogP contribution in [0, 0.1) is 5.82 Å². The van der Waals surface area contributed by atoms with E-state index in [1.807, 2.05) is 0 Å². The first-order valence-electron chi connectivity index (χ1n) is 5.81. The maximum Gasteiger partial charge on any atom is 0.233 e.